The van der Waals surface area contributed by atoms with Gasteiger partial charge in [-0.25, -0.2) is 9.97 Å². The Morgan fingerprint density at radius 1 is 1.17 bits per heavy atom. The number of rotatable bonds is 6. The first-order valence-corrected chi connectivity index (χ1v) is 11.1. The molecule has 0 bridgehead atoms. The molecule has 8 nitrogen and oxygen atoms in total. The lowest BCUT2D eigenvalue weighted by Gasteiger charge is -2.18. The minimum Gasteiger partial charge on any atom is -0.307 e. The minimum atomic E-state index is -4.47. The molecule has 1 atom stereocenters. The number of carbonyl (C=O) groups is 1. The molecule has 4 aromatic rings. The second-order valence-electron chi connectivity index (χ2n) is 8.62. The highest BCUT2D eigenvalue weighted by Gasteiger charge is 2.38. The fourth-order valence-corrected chi connectivity index (χ4v) is 3.77. The molecule has 1 amide bonds. The number of nitrogens with one attached hydrogen (secondary N) is 1. The molecule has 1 N–H and O–H groups in total. The molecule has 180 valence electrons. The van der Waals surface area contributed by atoms with E-state index in [4.69, 9.17) is 0 Å². The number of nitrogens with zero attached hydrogens (tertiary/aromatic N) is 6. The van der Waals surface area contributed by atoms with Crippen LogP contribution in [-0.2, 0) is 0 Å². The lowest BCUT2D eigenvalue weighted by atomic mass is 10.1. The number of pyridine rings is 1. The second kappa shape index (κ2) is 8.64. The SMILES string of the molecule is Cc1ccc(C(=O)Nc2cccc(-c3nncn3[C@@H](C)C(F)(F)F)n2)cc1-n1cnc(C2CC2)c1. The normalized spacial score (nSPS) is 14.7. The Kier molecular flexibility index (Phi) is 5.62. The lowest BCUT2D eigenvalue weighted by Crippen LogP contribution is -2.24. The number of carbonyl (C=O) groups excluding carboxylic acids is 1. The Hall–Kier alpha value is -4.02. The number of anilines is 1. The maximum atomic E-state index is 13.2. The maximum absolute atomic E-state index is 13.2. The molecule has 0 spiro atoms. The third-order valence-electron chi connectivity index (χ3n) is 6.03. The van der Waals surface area contributed by atoms with Gasteiger partial charge in [0.2, 0.25) is 0 Å². The summed E-state index contributed by atoms with van der Waals surface area (Å²) >= 11 is 0. The van der Waals surface area contributed by atoms with E-state index in [0.29, 0.717) is 11.5 Å². The van der Waals surface area contributed by atoms with Crippen LogP contribution >= 0.6 is 0 Å². The van der Waals surface area contributed by atoms with E-state index in [-0.39, 0.29) is 17.3 Å². The van der Waals surface area contributed by atoms with Crippen LogP contribution in [0.1, 0.15) is 53.3 Å². The molecular formula is C24H22F3N7O. The highest BCUT2D eigenvalue weighted by molar-refractivity contribution is 6.04. The highest BCUT2D eigenvalue weighted by atomic mass is 19.4. The Morgan fingerprint density at radius 3 is 2.71 bits per heavy atom. The van der Waals surface area contributed by atoms with Crippen LogP contribution in [0.15, 0.2) is 55.2 Å². The van der Waals surface area contributed by atoms with Gasteiger partial charge in [-0.15, -0.1) is 10.2 Å². The van der Waals surface area contributed by atoms with Crippen molar-refractivity contribution in [1.82, 2.24) is 29.3 Å². The van der Waals surface area contributed by atoms with E-state index >= 15 is 0 Å². The summed E-state index contributed by atoms with van der Waals surface area (Å²) in [6, 6.07) is 8.16. The Morgan fingerprint density at radius 2 is 1.97 bits per heavy atom. The van der Waals surface area contributed by atoms with Gasteiger partial charge in [-0.3, -0.25) is 4.79 Å². The van der Waals surface area contributed by atoms with E-state index in [9.17, 15) is 18.0 Å². The van der Waals surface area contributed by atoms with Crippen LogP contribution in [0.4, 0.5) is 19.0 Å². The van der Waals surface area contributed by atoms with Crippen molar-refractivity contribution in [1.29, 1.82) is 0 Å². The van der Waals surface area contributed by atoms with E-state index in [0.717, 1.165) is 47.6 Å². The number of aromatic nitrogens is 6. The van der Waals surface area contributed by atoms with Gasteiger partial charge in [-0.2, -0.15) is 13.2 Å². The number of hydrogen-bond donors (Lipinski definition) is 1. The molecule has 3 aromatic heterocycles. The molecule has 5 rings (SSSR count). The predicted octanol–water partition coefficient (Wildman–Crippen LogP) is 5.09. The van der Waals surface area contributed by atoms with Crippen molar-refractivity contribution in [3.05, 3.63) is 72.1 Å². The van der Waals surface area contributed by atoms with Crippen molar-refractivity contribution in [2.24, 2.45) is 0 Å². The smallest absolute Gasteiger partial charge is 0.307 e. The van der Waals surface area contributed by atoms with Gasteiger partial charge in [-0.1, -0.05) is 12.1 Å². The molecule has 0 unspecified atom stereocenters. The molecule has 0 saturated heterocycles. The van der Waals surface area contributed by atoms with Crippen LogP contribution in [0.2, 0.25) is 0 Å². The maximum Gasteiger partial charge on any atom is 0.408 e. The van der Waals surface area contributed by atoms with Gasteiger partial charge in [0.25, 0.3) is 5.91 Å². The van der Waals surface area contributed by atoms with Crippen molar-refractivity contribution in [3.8, 4) is 17.2 Å². The largest absolute Gasteiger partial charge is 0.408 e. The molecular weight excluding hydrogens is 459 g/mol. The van der Waals surface area contributed by atoms with Crippen molar-refractivity contribution in [2.45, 2.75) is 44.8 Å². The summed E-state index contributed by atoms with van der Waals surface area (Å²) in [5.41, 5.74) is 3.45. The fraction of sp³-hybridized carbons (Fsp3) is 0.292. The summed E-state index contributed by atoms with van der Waals surface area (Å²) < 4.78 is 42.5. The quantitative estimate of drug-likeness (QED) is 0.414. The average Bonchev–Trinajstić information content (AvgIpc) is 3.35. The first kappa shape index (κ1) is 22.8. The summed E-state index contributed by atoms with van der Waals surface area (Å²) in [6.45, 7) is 2.97. The summed E-state index contributed by atoms with van der Waals surface area (Å²) in [4.78, 5) is 21.8. The number of amides is 1. The average molecular weight is 481 g/mol. The van der Waals surface area contributed by atoms with Crippen LogP contribution in [-0.4, -0.2) is 41.4 Å². The van der Waals surface area contributed by atoms with E-state index in [2.05, 4.69) is 25.5 Å². The fourth-order valence-electron chi connectivity index (χ4n) is 3.77. The van der Waals surface area contributed by atoms with Gasteiger partial charge in [0.05, 0.1) is 17.7 Å². The summed E-state index contributed by atoms with van der Waals surface area (Å²) in [5.74, 6) is 0.257. The molecule has 1 fully saturated rings. The zero-order valence-corrected chi connectivity index (χ0v) is 19.0. The standard InChI is InChI=1S/C24H22F3N7O/c1-14-6-7-17(10-20(14)33-11-19(28-12-33)16-8-9-16)23(35)31-21-5-3-4-18(30-21)22-32-29-13-34(22)15(2)24(25,26)27/h3-7,10-13,15-16H,8-9H2,1-2H3,(H,30,31,35)/t15-/m0/s1. The Labute approximate surface area is 198 Å². The number of benzene rings is 1. The van der Waals surface area contributed by atoms with Gasteiger partial charge in [-0.05, 0) is 56.5 Å². The van der Waals surface area contributed by atoms with Gasteiger partial charge >= 0.3 is 6.18 Å². The monoisotopic (exact) mass is 481 g/mol. The summed E-state index contributed by atoms with van der Waals surface area (Å²) in [7, 11) is 0. The van der Waals surface area contributed by atoms with Gasteiger partial charge in [0.15, 0.2) is 5.82 Å². The van der Waals surface area contributed by atoms with E-state index in [1.54, 1.807) is 30.6 Å². The van der Waals surface area contributed by atoms with Gasteiger partial charge in [0, 0.05) is 17.7 Å². The molecule has 1 aliphatic rings. The van der Waals surface area contributed by atoms with Crippen molar-refractivity contribution < 1.29 is 18.0 Å². The molecule has 11 heteroatoms. The molecule has 35 heavy (non-hydrogen) atoms. The Balaban J connectivity index is 1.38. The van der Waals surface area contributed by atoms with E-state index < -0.39 is 18.1 Å². The van der Waals surface area contributed by atoms with Crippen LogP contribution in [0.25, 0.3) is 17.2 Å². The number of hydrogen-bond acceptors (Lipinski definition) is 5. The highest BCUT2D eigenvalue weighted by Crippen LogP contribution is 2.39. The first-order chi connectivity index (χ1) is 16.7. The number of alkyl halides is 3. The topological polar surface area (TPSA) is 90.5 Å². The predicted molar refractivity (Wildman–Crippen MR) is 122 cm³/mol. The van der Waals surface area contributed by atoms with Crippen LogP contribution < -0.4 is 5.32 Å². The lowest BCUT2D eigenvalue weighted by molar-refractivity contribution is -0.162. The molecule has 0 radical (unpaired) electrons. The van der Waals surface area contributed by atoms with Gasteiger partial charge < -0.3 is 14.5 Å². The van der Waals surface area contributed by atoms with Crippen LogP contribution in [0, 0.1) is 6.92 Å². The van der Waals surface area contributed by atoms with Gasteiger partial charge in [0.1, 0.15) is 23.9 Å². The minimum absolute atomic E-state index is 0.0462. The van der Waals surface area contributed by atoms with E-state index in [1.807, 2.05) is 23.8 Å². The zero-order valence-electron chi connectivity index (χ0n) is 19.0. The molecule has 1 saturated carbocycles. The zero-order chi connectivity index (χ0) is 24.7. The summed E-state index contributed by atoms with van der Waals surface area (Å²) in [6.07, 6.45) is 2.58. The van der Waals surface area contributed by atoms with Crippen LogP contribution in [0.5, 0.6) is 0 Å². The van der Waals surface area contributed by atoms with Crippen molar-refractivity contribution in [2.75, 3.05) is 5.32 Å². The number of imidazole rings is 1. The molecule has 1 aromatic carbocycles. The molecule has 0 aliphatic heterocycles. The number of halogens is 3. The van der Waals surface area contributed by atoms with E-state index in [1.165, 1.54) is 6.07 Å². The molecule has 1 aliphatic carbocycles. The summed E-state index contributed by atoms with van der Waals surface area (Å²) in [5, 5.41) is 10.1. The molecule has 3 heterocycles. The third-order valence-corrected chi connectivity index (χ3v) is 6.03. The van der Waals surface area contributed by atoms with Crippen molar-refractivity contribution >= 4 is 11.7 Å². The third kappa shape index (κ3) is 4.66. The van der Waals surface area contributed by atoms with Crippen LogP contribution in [0.3, 0.4) is 0 Å². The van der Waals surface area contributed by atoms with Crippen molar-refractivity contribution in [3.63, 3.8) is 0 Å². The Bertz CT molecular complexity index is 1390. The second-order valence-corrected chi connectivity index (χ2v) is 8.62. The first-order valence-electron chi connectivity index (χ1n) is 11.1. The number of aryl methyl sites for hydroxylation is 1.